The summed E-state index contributed by atoms with van der Waals surface area (Å²) in [6.45, 7) is 4.02. The first kappa shape index (κ1) is 13.8. The van der Waals surface area contributed by atoms with Crippen LogP contribution in [0.4, 0.5) is 10.8 Å². The molecule has 0 saturated carbocycles. The van der Waals surface area contributed by atoms with Crippen LogP contribution in [0.2, 0.25) is 5.02 Å². The third kappa shape index (κ3) is 3.21. The molecule has 0 atom stereocenters. The fourth-order valence-electron chi connectivity index (χ4n) is 1.41. The van der Waals surface area contributed by atoms with Crippen LogP contribution in [0.25, 0.3) is 0 Å². The van der Waals surface area contributed by atoms with Crippen LogP contribution < -0.4 is 5.32 Å². The second-order valence-electron chi connectivity index (χ2n) is 4.24. The Bertz CT molecular complexity index is 613. The summed E-state index contributed by atoms with van der Waals surface area (Å²) < 4.78 is 4.21. The summed E-state index contributed by atoms with van der Waals surface area (Å²) in [4.78, 5) is 15.3. The van der Waals surface area contributed by atoms with Gasteiger partial charge < -0.3 is 10.4 Å². The Morgan fingerprint density at radius 3 is 2.79 bits per heavy atom. The fourth-order valence-corrected chi connectivity index (χ4v) is 2.34. The molecular weight excluding hydrogens is 286 g/mol. The number of hydrogen-bond donors (Lipinski definition) is 2. The maximum absolute atomic E-state index is 11.0. The zero-order chi connectivity index (χ0) is 14.0. The van der Waals surface area contributed by atoms with E-state index in [1.54, 1.807) is 6.07 Å². The van der Waals surface area contributed by atoms with Crippen molar-refractivity contribution >= 4 is 39.9 Å². The first-order valence-corrected chi connectivity index (χ1v) is 6.76. The van der Waals surface area contributed by atoms with Crippen molar-refractivity contribution < 1.29 is 9.90 Å². The van der Waals surface area contributed by atoms with Crippen molar-refractivity contribution in [2.75, 3.05) is 5.32 Å². The average Bonchev–Trinajstić information content (AvgIpc) is 2.80. The first-order chi connectivity index (χ1) is 8.97. The Kier molecular flexibility index (Phi) is 4.01. The van der Waals surface area contributed by atoms with Crippen LogP contribution in [0, 0.1) is 0 Å². The Hall–Kier alpha value is -1.66. The van der Waals surface area contributed by atoms with Crippen LogP contribution in [0.5, 0.6) is 0 Å². The smallest absolute Gasteiger partial charge is 0.337 e. The lowest BCUT2D eigenvalue weighted by atomic mass is 10.2. The number of anilines is 2. The number of carboxylic acids is 1. The van der Waals surface area contributed by atoms with Crippen molar-refractivity contribution in [1.29, 1.82) is 0 Å². The molecule has 1 aromatic heterocycles. The lowest BCUT2D eigenvalue weighted by Crippen LogP contribution is -1.99. The molecule has 1 heterocycles. The lowest BCUT2D eigenvalue weighted by Gasteiger charge is -2.04. The van der Waals surface area contributed by atoms with Crippen molar-refractivity contribution in [3.8, 4) is 0 Å². The highest BCUT2D eigenvalue weighted by Crippen LogP contribution is 2.25. The number of nitrogens with one attached hydrogen (secondary N) is 1. The lowest BCUT2D eigenvalue weighted by molar-refractivity contribution is 0.0697. The predicted molar refractivity (Wildman–Crippen MR) is 75.7 cm³/mol. The van der Waals surface area contributed by atoms with Gasteiger partial charge in [0.1, 0.15) is 5.82 Å². The average molecular weight is 298 g/mol. The predicted octanol–water partition coefficient (Wildman–Crippen LogP) is 3.76. The van der Waals surface area contributed by atoms with Crippen molar-refractivity contribution in [3.05, 3.63) is 34.6 Å². The maximum Gasteiger partial charge on any atom is 0.337 e. The number of aromatic carboxylic acids is 1. The molecule has 19 heavy (non-hydrogen) atoms. The molecule has 2 N–H and O–H groups in total. The van der Waals surface area contributed by atoms with Crippen molar-refractivity contribution in [1.82, 2.24) is 9.36 Å². The van der Waals surface area contributed by atoms with E-state index in [2.05, 4.69) is 14.7 Å². The van der Waals surface area contributed by atoms with E-state index < -0.39 is 5.97 Å². The molecule has 0 spiro atoms. The molecule has 100 valence electrons. The Morgan fingerprint density at radius 1 is 1.47 bits per heavy atom. The van der Waals surface area contributed by atoms with Gasteiger partial charge in [0.05, 0.1) is 10.6 Å². The topological polar surface area (TPSA) is 75.1 Å². The molecule has 0 amide bonds. The molecule has 7 heteroatoms. The largest absolute Gasteiger partial charge is 0.478 e. The van der Waals surface area contributed by atoms with E-state index >= 15 is 0 Å². The summed E-state index contributed by atoms with van der Waals surface area (Å²) in [6.07, 6.45) is 0. The van der Waals surface area contributed by atoms with Gasteiger partial charge in [-0.1, -0.05) is 25.4 Å². The number of hydrogen-bond acceptors (Lipinski definition) is 5. The van der Waals surface area contributed by atoms with Gasteiger partial charge in [-0.05, 0) is 18.2 Å². The molecule has 0 unspecified atom stereocenters. The number of benzene rings is 1. The molecule has 0 radical (unpaired) electrons. The molecule has 0 aliphatic heterocycles. The van der Waals surface area contributed by atoms with Gasteiger partial charge in [-0.3, -0.25) is 0 Å². The van der Waals surface area contributed by atoms with Crippen molar-refractivity contribution in [2.24, 2.45) is 0 Å². The Labute approximate surface area is 119 Å². The zero-order valence-corrected chi connectivity index (χ0v) is 11.9. The van der Waals surface area contributed by atoms with Gasteiger partial charge in [-0.15, -0.1) is 0 Å². The molecule has 0 fully saturated rings. The maximum atomic E-state index is 11.0. The second kappa shape index (κ2) is 5.54. The van der Waals surface area contributed by atoms with Gasteiger partial charge >= 0.3 is 5.97 Å². The van der Waals surface area contributed by atoms with Gasteiger partial charge in [0.25, 0.3) is 0 Å². The van der Waals surface area contributed by atoms with E-state index in [1.807, 2.05) is 13.8 Å². The molecule has 0 saturated heterocycles. The number of aromatic nitrogens is 2. The normalized spacial score (nSPS) is 10.7. The summed E-state index contributed by atoms with van der Waals surface area (Å²) in [5, 5.41) is 12.9. The standard InChI is InChI=1S/C12H12ClN3O2S/c1-6(2)10-15-12(19-16-10)14-7-3-4-9(13)8(5-7)11(17)18/h3-6H,1-2H3,(H,17,18)(H,14,15,16). The summed E-state index contributed by atoms with van der Waals surface area (Å²) in [6, 6.07) is 4.71. The molecule has 0 bridgehead atoms. The Morgan fingerprint density at radius 2 is 2.21 bits per heavy atom. The quantitative estimate of drug-likeness (QED) is 0.899. The minimum Gasteiger partial charge on any atom is -0.478 e. The van der Waals surface area contributed by atoms with Gasteiger partial charge in [-0.25, -0.2) is 9.78 Å². The van der Waals surface area contributed by atoms with Crippen LogP contribution >= 0.6 is 23.1 Å². The number of carbonyl (C=O) groups is 1. The summed E-state index contributed by atoms with van der Waals surface area (Å²) >= 11 is 7.04. The van der Waals surface area contributed by atoms with E-state index in [4.69, 9.17) is 16.7 Å². The van der Waals surface area contributed by atoms with Crippen molar-refractivity contribution in [2.45, 2.75) is 19.8 Å². The van der Waals surface area contributed by atoms with E-state index in [-0.39, 0.29) is 16.5 Å². The molecule has 5 nitrogen and oxygen atoms in total. The van der Waals surface area contributed by atoms with E-state index in [9.17, 15) is 4.79 Å². The SMILES string of the molecule is CC(C)c1nsc(Nc2ccc(Cl)c(C(=O)O)c2)n1. The minimum absolute atomic E-state index is 0.0558. The van der Waals surface area contributed by atoms with Crippen LogP contribution in [0.15, 0.2) is 18.2 Å². The first-order valence-electron chi connectivity index (χ1n) is 5.61. The highest BCUT2D eigenvalue weighted by Gasteiger charge is 2.11. The van der Waals surface area contributed by atoms with Gasteiger partial charge in [0.2, 0.25) is 5.13 Å². The van der Waals surface area contributed by atoms with E-state index in [0.29, 0.717) is 10.8 Å². The van der Waals surface area contributed by atoms with E-state index in [1.165, 1.54) is 23.7 Å². The fraction of sp³-hybridized carbons (Fsp3) is 0.250. The highest BCUT2D eigenvalue weighted by molar-refractivity contribution is 7.09. The van der Waals surface area contributed by atoms with Crippen LogP contribution in [-0.4, -0.2) is 20.4 Å². The van der Waals surface area contributed by atoms with Crippen LogP contribution in [0.1, 0.15) is 35.9 Å². The molecular formula is C12H12ClN3O2S. The molecule has 2 rings (SSSR count). The van der Waals surface area contributed by atoms with Gasteiger partial charge in [0.15, 0.2) is 0 Å². The third-order valence-electron chi connectivity index (χ3n) is 2.41. The Balaban J connectivity index is 2.23. The molecule has 1 aromatic carbocycles. The number of rotatable bonds is 4. The van der Waals surface area contributed by atoms with Crippen LogP contribution in [-0.2, 0) is 0 Å². The number of carboxylic acid groups (broad SMARTS) is 1. The minimum atomic E-state index is -1.06. The molecule has 2 aromatic rings. The summed E-state index contributed by atoms with van der Waals surface area (Å²) in [5.74, 6) is -0.0414. The highest BCUT2D eigenvalue weighted by atomic mass is 35.5. The van der Waals surface area contributed by atoms with Crippen LogP contribution in [0.3, 0.4) is 0 Å². The summed E-state index contributed by atoms with van der Waals surface area (Å²) in [7, 11) is 0. The molecule has 0 aliphatic carbocycles. The zero-order valence-electron chi connectivity index (χ0n) is 10.3. The van der Waals surface area contributed by atoms with Gasteiger partial charge in [0, 0.05) is 23.1 Å². The number of halogens is 1. The number of nitrogens with zero attached hydrogens (tertiary/aromatic N) is 2. The summed E-state index contributed by atoms with van der Waals surface area (Å²) in [5.41, 5.74) is 0.675. The van der Waals surface area contributed by atoms with Gasteiger partial charge in [-0.2, -0.15) is 4.37 Å². The second-order valence-corrected chi connectivity index (χ2v) is 5.40. The monoisotopic (exact) mass is 297 g/mol. The van der Waals surface area contributed by atoms with Crippen molar-refractivity contribution in [3.63, 3.8) is 0 Å². The molecule has 0 aliphatic rings. The third-order valence-corrected chi connectivity index (χ3v) is 3.38. The van der Waals surface area contributed by atoms with E-state index in [0.717, 1.165) is 5.82 Å².